The topological polar surface area (TPSA) is 47.0 Å². The average Bonchev–Trinajstić information content (AvgIpc) is 2.84. The standard InChI is InChI=1S/C13H20ClN3O/c1-2-8-18-12-6-7-15-13(17-12)16-11-5-3-4-10(11)9-14/h6-7,10-11H,2-5,8-9H2,1H3,(H,15,16,17). The lowest BCUT2D eigenvalue weighted by atomic mass is 10.1. The van der Waals surface area contributed by atoms with Crippen LogP contribution in [0.3, 0.4) is 0 Å². The van der Waals surface area contributed by atoms with E-state index in [-0.39, 0.29) is 0 Å². The zero-order chi connectivity index (χ0) is 12.8. The monoisotopic (exact) mass is 269 g/mol. The molecule has 2 unspecified atom stereocenters. The van der Waals surface area contributed by atoms with Crippen molar-refractivity contribution < 1.29 is 4.74 Å². The van der Waals surface area contributed by atoms with E-state index in [1.54, 1.807) is 12.3 Å². The number of hydrogen-bond donors (Lipinski definition) is 1. The Morgan fingerprint density at radius 1 is 1.50 bits per heavy atom. The minimum absolute atomic E-state index is 0.393. The number of aromatic nitrogens is 2. The summed E-state index contributed by atoms with van der Waals surface area (Å²) in [5.74, 6) is 2.50. The summed E-state index contributed by atoms with van der Waals surface area (Å²) in [5, 5.41) is 3.37. The van der Waals surface area contributed by atoms with Gasteiger partial charge in [-0.1, -0.05) is 13.3 Å². The molecular formula is C13H20ClN3O. The number of ether oxygens (including phenoxy) is 1. The third kappa shape index (κ3) is 3.48. The Kier molecular flexibility index (Phi) is 5.05. The Morgan fingerprint density at radius 3 is 3.17 bits per heavy atom. The molecule has 0 bridgehead atoms. The third-order valence-electron chi connectivity index (χ3n) is 3.26. The van der Waals surface area contributed by atoms with Crippen molar-refractivity contribution in [3.8, 4) is 5.88 Å². The van der Waals surface area contributed by atoms with E-state index < -0.39 is 0 Å². The number of halogens is 1. The van der Waals surface area contributed by atoms with Crippen molar-refractivity contribution in [2.45, 2.75) is 38.6 Å². The van der Waals surface area contributed by atoms with E-state index >= 15 is 0 Å². The van der Waals surface area contributed by atoms with Crippen LogP contribution < -0.4 is 10.1 Å². The van der Waals surface area contributed by atoms with Gasteiger partial charge in [-0.2, -0.15) is 4.98 Å². The van der Waals surface area contributed by atoms with Crippen LogP contribution in [0.15, 0.2) is 12.3 Å². The quantitative estimate of drug-likeness (QED) is 0.806. The fraction of sp³-hybridized carbons (Fsp3) is 0.692. The summed E-state index contributed by atoms with van der Waals surface area (Å²) in [6.45, 7) is 2.76. The molecule has 1 heterocycles. The Morgan fingerprint density at radius 2 is 2.39 bits per heavy atom. The lowest BCUT2D eigenvalue weighted by molar-refractivity contribution is 0.305. The second kappa shape index (κ2) is 6.78. The first-order chi connectivity index (χ1) is 8.83. The molecule has 100 valence electrons. The normalized spacial score (nSPS) is 23.0. The van der Waals surface area contributed by atoms with Crippen molar-refractivity contribution in [1.29, 1.82) is 0 Å². The van der Waals surface area contributed by atoms with Crippen LogP contribution in [-0.2, 0) is 0 Å². The van der Waals surface area contributed by atoms with Crippen LogP contribution in [0.2, 0.25) is 0 Å². The predicted molar refractivity (Wildman–Crippen MR) is 73.3 cm³/mol. The smallest absolute Gasteiger partial charge is 0.226 e. The van der Waals surface area contributed by atoms with Crippen molar-refractivity contribution in [2.24, 2.45) is 5.92 Å². The van der Waals surface area contributed by atoms with E-state index in [9.17, 15) is 0 Å². The van der Waals surface area contributed by atoms with Gasteiger partial charge >= 0.3 is 0 Å². The summed E-state index contributed by atoms with van der Waals surface area (Å²) < 4.78 is 5.50. The molecule has 1 aliphatic carbocycles. The molecule has 0 radical (unpaired) electrons. The summed E-state index contributed by atoms with van der Waals surface area (Å²) in [6, 6.07) is 2.18. The van der Waals surface area contributed by atoms with Gasteiger partial charge in [0.2, 0.25) is 11.8 Å². The maximum absolute atomic E-state index is 5.96. The molecule has 0 aromatic carbocycles. The van der Waals surface area contributed by atoms with Gasteiger partial charge in [0, 0.05) is 24.2 Å². The van der Waals surface area contributed by atoms with E-state index in [1.807, 2.05) is 0 Å². The summed E-state index contributed by atoms with van der Waals surface area (Å²) >= 11 is 5.96. The van der Waals surface area contributed by atoms with Gasteiger partial charge in [-0.05, 0) is 25.2 Å². The lowest BCUT2D eigenvalue weighted by Crippen LogP contribution is -2.26. The molecule has 1 aromatic heterocycles. The maximum atomic E-state index is 5.96. The number of nitrogens with one attached hydrogen (secondary N) is 1. The largest absolute Gasteiger partial charge is 0.478 e. The number of anilines is 1. The molecule has 5 heteroatoms. The van der Waals surface area contributed by atoms with Crippen molar-refractivity contribution >= 4 is 17.5 Å². The highest BCUT2D eigenvalue weighted by molar-refractivity contribution is 6.18. The summed E-state index contributed by atoms with van der Waals surface area (Å²) in [5.41, 5.74) is 0. The van der Waals surface area contributed by atoms with Crippen LogP contribution in [0.5, 0.6) is 5.88 Å². The first-order valence-corrected chi connectivity index (χ1v) is 7.15. The van der Waals surface area contributed by atoms with Crippen LogP contribution in [0.1, 0.15) is 32.6 Å². The van der Waals surface area contributed by atoms with Gasteiger partial charge in [-0.25, -0.2) is 4.98 Å². The van der Waals surface area contributed by atoms with E-state index in [4.69, 9.17) is 16.3 Å². The molecule has 0 amide bonds. The van der Waals surface area contributed by atoms with E-state index in [1.165, 1.54) is 12.8 Å². The Hall–Kier alpha value is -1.03. The number of nitrogens with zero attached hydrogens (tertiary/aromatic N) is 2. The highest BCUT2D eigenvalue weighted by Crippen LogP contribution is 2.28. The van der Waals surface area contributed by atoms with Crippen LogP contribution >= 0.6 is 11.6 Å². The average molecular weight is 270 g/mol. The fourth-order valence-corrected chi connectivity index (χ4v) is 2.65. The number of hydrogen-bond acceptors (Lipinski definition) is 4. The molecule has 2 rings (SSSR count). The molecule has 4 nitrogen and oxygen atoms in total. The SMILES string of the molecule is CCCOc1ccnc(NC2CCCC2CCl)n1. The van der Waals surface area contributed by atoms with Crippen LogP contribution in [-0.4, -0.2) is 28.5 Å². The van der Waals surface area contributed by atoms with Crippen molar-refractivity contribution in [3.63, 3.8) is 0 Å². The minimum atomic E-state index is 0.393. The van der Waals surface area contributed by atoms with Gasteiger partial charge in [0.15, 0.2) is 0 Å². The molecule has 1 aromatic rings. The second-order valence-electron chi connectivity index (χ2n) is 4.66. The summed E-state index contributed by atoms with van der Waals surface area (Å²) in [4.78, 5) is 8.59. The molecule has 0 spiro atoms. The van der Waals surface area contributed by atoms with Crippen molar-refractivity contribution in [1.82, 2.24) is 9.97 Å². The first-order valence-electron chi connectivity index (χ1n) is 6.61. The van der Waals surface area contributed by atoms with Gasteiger partial charge in [0.25, 0.3) is 0 Å². The highest BCUT2D eigenvalue weighted by Gasteiger charge is 2.26. The first kappa shape index (κ1) is 13.4. The van der Waals surface area contributed by atoms with Gasteiger partial charge in [-0.3, -0.25) is 0 Å². The van der Waals surface area contributed by atoms with Gasteiger partial charge in [0.1, 0.15) is 0 Å². The van der Waals surface area contributed by atoms with Gasteiger partial charge < -0.3 is 10.1 Å². The molecule has 1 fully saturated rings. The number of rotatable bonds is 6. The fourth-order valence-electron chi connectivity index (χ4n) is 2.28. The predicted octanol–water partition coefficient (Wildman–Crippen LogP) is 3.08. The summed E-state index contributed by atoms with van der Waals surface area (Å²) in [6.07, 6.45) is 6.25. The molecule has 2 atom stereocenters. The van der Waals surface area contributed by atoms with E-state index in [0.29, 0.717) is 36.3 Å². The zero-order valence-electron chi connectivity index (χ0n) is 10.7. The summed E-state index contributed by atoms with van der Waals surface area (Å²) in [7, 11) is 0. The van der Waals surface area contributed by atoms with E-state index in [0.717, 1.165) is 12.8 Å². The van der Waals surface area contributed by atoms with Crippen LogP contribution in [0, 0.1) is 5.92 Å². The second-order valence-corrected chi connectivity index (χ2v) is 4.97. The van der Waals surface area contributed by atoms with Crippen LogP contribution in [0.25, 0.3) is 0 Å². The Bertz CT molecular complexity index is 375. The Balaban J connectivity index is 1.96. The van der Waals surface area contributed by atoms with Crippen molar-refractivity contribution in [3.05, 3.63) is 12.3 Å². The Labute approximate surface area is 113 Å². The lowest BCUT2D eigenvalue weighted by Gasteiger charge is -2.18. The maximum Gasteiger partial charge on any atom is 0.226 e. The molecule has 18 heavy (non-hydrogen) atoms. The van der Waals surface area contributed by atoms with Crippen LogP contribution in [0.4, 0.5) is 5.95 Å². The van der Waals surface area contributed by atoms with Crippen molar-refractivity contribution in [2.75, 3.05) is 17.8 Å². The molecular weight excluding hydrogens is 250 g/mol. The molecule has 0 aliphatic heterocycles. The molecule has 1 saturated carbocycles. The molecule has 1 aliphatic rings. The molecule has 0 saturated heterocycles. The molecule has 1 N–H and O–H groups in total. The third-order valence-corrected chi connectivity index (χ3v) is 3.65. The van der Waals surface area contributed by atoms with Gasteiger partial charge in [-0.15, -0.1) is 11.6 Å². The van der Waals surface area contributed by atoms with Gasteiger partial charge in [0.05, 0.1) is 6.61 Å². The zero-order valence-corrected chi connectivity index (χ0v) is 11.5. The number of alkyl halides is 1. The highest BCUT2D eigenvalue weighted by atomic mass is 35.5. The van der Waals surface area contributed by atoms with E-state index in [2.05, 4.69) is 22.2 Å². The minimum Gasteiger partial charge on any atom is -0.478 e.